The van der Waals surface area contributed by atoms with Crippen molar-refractivity contribution in [3.8, 4) is 0 Å². The molecule has 0 radical (unpaired) electrons. The standard InChI is InChI=1S/C25H24ClF3N2O4/c1-5-34-23(32)21-15(3)30(19-11-7-17(8-12-19)25(27,28)29)16(4)22(24(33)35-6-2)31(21)20-13-9-18(26)10-14-20/h7-14H,5-6H2,1-4H3. The number of anilines is 2. The predicted octanol–water partition coefficient (Wildman–Crippen LogP) is 6.27. The number of nitrogens with zero attached hydrogens (tertiary/aromatic N) is 2. The molecule has 0 atom stereocenters. The molecule has 2 aromatic carbocycles. The second-order valence-corrected chi connectivity index (χ2v) is 7.94. The van der Waals surface area contributed by atoms with Crippen LogP contribution in [0.15, 0.2) is 71.3 Å². The van der Waals surface area contributed by atoms with E-state index in [9.17, 15) is 22.8 Å². The smallest absolute Gasteiger partial charge is 0.416 e. The summed E-state index contributed by atoms with van der Waals surface area (Å²) in [5.41, 5.74) is 0.692. The number of benzene rings is 2. The lowest BCUT2D eigenvalue weighted by molar-refractivity contribution is -0.139. The van der Waals surface area contributed by atoms with Crippen molar-refractivity contribution in [2.75, 3.05) is 23.0 Å². The Morgan fingerprint density at radius 2 is 1.17 bits per heavy atom. The van der Waals surface area contributed by atoms with E-state index in [0.717, 1.165) is 12.1 Å². The van der Waals surface area contributed by atoms with Crippen molar-refractivity contribution in [2.24, 2.45) is 0 Å². The third-order valence-corrected chi connectivity index (χ3v) is 5.53. The fraction of sp³-hybridized carbons (Fsp3) is 0.280. The molecule has 0 fully saturated rings. The second-order valence-electron chi connectivity index (χ2n) is 7.50. The molecule has 0 spiro atoms. The van der Waals surface area contributed by atoms with Crippen LogP contribution in [0.1, 0.15) is 33.3 Å². The van der Waals surface area contributed by atoms with Gasteiger partial charge in [0.25, 0.3) is 0 Å². The van der Waals surface area contributed by atoms with E-state index in [1.165, 1.54) is 21.9 Å². The zero-order chi connectivity index (χ0) is 25.9. The summed E-state index contributed by atoms with van der Waals surface area (Å²) < 4.78 is 49.9. The van der Waals surface area contributed by atoms with Gasteiger partial charge in [0.2, 0.25) is 0 Å². The number of carbonyl (C=O) groups is 2. The lowest BCUT2D eigenvalue weighted by Gasteiger charge is -2.40. The average molecular weight is 509 g/mol. The molecule has 2 aromatic rings. The van der Waals surface area contributed by atoms with Crippen LogP contribution in [0.2, 0.25) is 5.02 Å². The molecule has 0 unspecified atom stereocenters. The van der Waals surface area contributed by atoms with E-state index in [1.807, 2.05) is 0 Å². The van der Waals surface area contributed by atoms with E-state index in [4.69, 9.17) is 21.1 Å². The molecule has 10 heteroatoms. The molecular formula is C25H24ClF3N2O4. The van der Waals surface area contributed by atoms with E-state index >= 15 is 0 Å². The Morgan fingerprint density at radius 3 is 1.57 bits per heavy atom. The molecule has 0 bridgehead atoms. The summed E-state index contributed by atoms with van der Waals surface area (Å²) in [5, 5.41) is 0.453. The normalized spacial score (nSPS) is 14.4. The first-order valence-electron chi connectivity index (χ1n) is 10.8. The van der Waals surface area contributed by atoms with Crippen molar-refractivity contribution >= 4 is 34.9 Å². The molecule has 1 aliphatic heterocycles. The molecule has 0 saturated heterocycles. The highest BCUT2D eigenvalue weighted by Gasteiger charge is 2.39. The van der Waals surface area contributed by atoms with Gasteiger partial charge in [-0.25, -0.2) is 9.59 Å². The van der Waals surface area contributed by atoms with Crippen LogP contribution in [0.25, 0.3) is 0 Å². The average Bonchev–Trinajstić information content (AvgIpc) is 2.79. The summed E-state index contributed by atoms with van der Waals surface area (Å²) in [6, 6.07) is 10.9. The van der Waals surface area contributed by atoms with Crippen LogP contribution in [-0.4, -0.2) is 25.2 Å². The summed E-state index contributed by atoms with van der Waals surface area (Å²) in [5.74, 6) is -1.43. The van der Waals surface area contributed by atoms with Gasteiger partial charge in [-0.15, -0.1) is 0 Å². The molecule has 6 nitrogen and oxygen atoms in total. The van der Waals surface area contributed by atoms with Crippen molar-refractivity contribution < 1.29 is 32.2 Å². The van der Waals surface area contributed by atoms with Crippen LogP contribution in [0.4, 0.5) is 24.5 Å². The van der Waals surface area contributed by atoms with Gasteiger partial charge in [-0.05, 0) is 76.2 Å². The lowest BCUT2D eigenvalue weighted by Crippen LogP contribution is -2.42. The monoisotopic (exact) mass is 508 g/mol. The SMILES string of the molecule is CCOC(=O)C1=C(C)N(c2ccc(C(F)(F)F)cc2)C(C)=C(C(=O)OCC)N1c1ccc(Cl)cc1. The third-order valence-electron chi connectivity index (χ3n) is 5.28. The Morgan fingerprint density at radius 1 is 0.771 bits per heavy atom. The van der Waals surface area contributed by atoms with Gasteiger partial charge in [-0.3, -0.25) is 4.90 Å². The Bertz CT molecular complexity index is 1130. The molecule has 1 aliphatic rings. The minimum Gasteiger partial charge on any atom is -0.461 e. The Hall–Kier alpha value is -3.46. The van der Waals surface area contributed by atoms with E-state index in [-0.39, 0.29) is 24.6 Å². The van der Waals surface area contributed by atoms with Gasteiger partial charge in [0.05, 0.1) is 30.2 Å². The van der Waals surface area contributed by atoms with Crippen molar-refractivity contribution in [1.29, 1.82) is 0 Å². The lowest BCUT2D eigenvalue weighted by atomic mass is 10.1. The quantitative estimate of drug-likeness (QED) is 0.428. The van der Waals surface area contributed by atoms with Crippen LogP contribution in [-0.2, 0) is 25.2 Å². The molecule has 0 aliphatic carbocycles. The van der Waals surface area contributed by atoms with Crippen LogP contribution in [0, 0.1) is 0 Å². The highest BCUT2D eigenvalue weighted by atomic mass is 35.5. The Kier molecular flexibility index (Phi) is 7.80. The highest BCUT2D eigenvalue weighted by molar-refractivity contribution is 6.30. The Balaban J connectivity index is 2.28. The van der Waals surface area contributed by atoms with Gasteiger partial charge < -0.3 is 14.4 Å². The topological polar surface area (TPSA) is 59.1 Å². The zero-order valence-corrected chi connectivity index (χ0v) is 20.3. The van der Waals surface area contributed by atoms with Crippen molar-refractivity contribution in [3.63, 3.8) is 0 Å². The number of rotatable bonds is 6. The number of hydrogen-bond donors (Lipinski definition) is 0. The first-order valence-corrected chi connectivity index (χ1v) is 11.2. The minimum atomic E-state index is -4.51. The van der Waals surface area contributed by atoms with Crippen LogP contribution >= 0.6 is 11.6 Å². The summed E-state index contributed by atoms with van der Waals surface area (Å²) in [7, 11) is 0. The second kappa shape index (κ2) is 10.4. The Labute approximate surface area is 206 Å². The highest BCUT2D eigenvalue weighted by Crippen LogP contribution is 2.40. The van der Waals surface area contributed by atoms with Crippen LogP contribution < -0.4 is 9.80 Å². The van der Waals surface area contributed by atoms with E-state index in [1.54, 1.807) is 52.0 Å². The van der Waals surface area contributed by atoms with Crippen molar-refractivity contribution in [2.45, 2.75) is 33.9 Å². The number of halogens is 4. The number of esters is 2. The molecule has 186 valence electrons. The largest absolute Gasteiger partial charge is 0.461 e. The minimum absolute atomic E-state index is 0.0164. The number of ether oxygens (including phenoxy) is 2. The van der Waals surface area contributed by atoms with Gasteiger partial charge >= 0.3 is 18.1 Å². The maximum absolute atomic E-state index is 13.2. The summed E-state index contributed by atoms with van der Waals surface area (Å²) in [6.45, 7) is 6.68. The van der Waals surface area contributed by atoms with Gasteiger partial charge in [0.1, 0.15) is 0 Å². The van der Waals surface area contributed by atoms with E-state index in [0.29, 0.717) is 27.8 Å². The fourth-order valence-electron chi connectivity index (χ4n) is 3.81. The number of allylic oxidation sites excluding steroid dienone is 2. The number of alkyl halides is 3. The van der Waals surface area contributed by atoms with Crippen molar-refractivity contribution in [1.82, 2.24) is 0 Å². The fourth-order valence-corrected chi connectivity index (χ4v) is 3.94. The first kappa shape index (κ1) is 26.2. The molecular weight excluding hydrogens is 485 g/mol. The summed E-state index contributed by atoms with van der Waals surface area (Å²) in [4.78, 5) is 29.3. The van der Waals surface area contributed by atoms with Crippen LogP contribution in [0.3, 0.4) is 0 Å². The van der Waals surface area contributed by atoms with Gasteiger partial charge in [0.15, 0.2) is 11.4 Å². The van der Waals surface area contributed by atoms with Gasteiger partial charge in [-0.1, -0.05) is 11.6 Å². The predicted molar refractivity (Wildman–Crippen MR) is 127 cm³/mol. The van der Waals surface area contributed by atoms with Gasteiger partial charge in [-0.2, -0.15) is 13.2 Å². The number of carbonyl (C=O) groups excluding carboxylic acids is 2. The summed E-state index contributed by atoms with van der Waals surface area (Å²) >= 11 is 6.04. The molecule has 3 rings (SSSR count). The molecule has 35 heavy (non-hydrogen) atoms. The molecule has 0 saturated carbocycles. The molecule has 1 heterocycles. The summed E-state index contributed by atoms with van der Waals surface area (Å²) in [6.07, 6.45) is -4.51. The van der Waals surface area contributed by atoms with Crippen molar-refractivity contribution in [3.05, 3.63) is 81.9 Å². The van der Waals surface area contributed by atoms with Gasteiger partial charge in [0, 0.05) is 16.4 Å². The van der Waals surface area contributed by atoms with E-state index in [2.05, 4.69) is 0 Å². The van der Waals surface area contributed by atoms with E-state index < -0.39 is 23.7 Å². The maximum atomic E-state index is 13.2. The molecule has 0 amide bonds. The first-order chi connectivity index (χ1) is 16.5. The molecule has 0 N–H and O–H groups in total. The van der Waals surface area contributed by atoms with Crippen LogP contribution in [0.5, 0.6) is 0 Å². The maximum Gasteiger partial charge on any atom is 0.416 e. The third kappa shape index (κ3) is 5.30. The molecule has 0 aromatic heterocycles. The zero-order valence-electron chi connectivity index (χ0n) is 19.6. The number of hydrogen-bond acceptors (Lipinski definition) is 6.